The summed E-state index contributed by atoms with van der Waals surface area (Å²) in [7, 11) is 0. The van der Waals surface area contributed by atoms with Gasteiger partial charge in [-0.2, -0.15) is 0 Å². The van der Waals surface area contributed by atoms with Crippen LogP contribution >= 0.6 is 11.6 Å². The number of urea groups is 1. The molecule has 0 atom stereocenters. The Balaban J connectivity index is 1.62. The van der Waals surface area contributed by atoms with Crippen molar-refractivity contribution in [2.45, 2.75) is 20.0 Å². The highest BCUT2D eigenvalue weighted by atomic mass is 35.5. The average molecular weight is 438 g/mol. The molecule has 4 rings (SSSR count). The van der Waals surface area contributed by atoms with Gasteiger partial charge in [-0.05, 0) is 36.8 Å². The molecule has 0 radical (unpaired) electrons. The van der Waals surface area contributed by atoms with Crippen LogP contribution < -0.4 is 5.32 Å². The van der Waals surface area contributed by atoms with Crippen molar-refractivity contribution in [1.82, 2.24) is 14.8 Å². The summed E-state index contributed by atoms with van der Waals surface area (Å²) in [5.41, 5.74) is 2.52. The quantitative estimate of drug-likeness (QED) is 0.359. The predicted octanol–water partition coefficient (Wildman–Crippen LogP) is 3.95. The summed E-state index contributed by atoms with van der Waals surface area (Å²) in [6.45, 7) is 2.26. The van der Waals surface area contributed by atoms with Crippen molar-refractivity contribution in [1.29, 1.82) is 0 Å². The molecule has 31 heavy (non-hydrogen) atoms. The predicted molar refractivity (Wildman–Crippen MR) is 117 cm³/mol. The Kier molecular flexibility index (Phi) is 5.77. The zero-order valence-electron chi connectivity index (χ0n) is 16.8. The molecular weight excluding hydrogens is 418 g/mol. The molecule has 1 saturated heterocycles. The molecule has 2 heterocycles. The number of nitrogens with zero attached hydrogens (tertiary/aromatic N) is 2. The number of hydrogen-bond acceptors (Lipinski definition) is 4. The second-order valence-electron chi connectivity index (χ2n) is 7.04. The molecule has 1 aliphatic heterocycles. The van der Waals surface area contributed by atoms with Crippen LogP contribution in [0.15, 0.2) is 60.4 Å². The maximum Gasteiger partial charge on any atom is 0.329 e. The van der Waals surface area contributed by atoms with Gasteiger partial charge in [0.15, 0.2) is 0 Å². The van der Waals surface area contributed by atoms with Crippen LogP contribution in [0.5, 0.6) is 0 Å². The topological polar surface area (TPSA) is 80.6 Å². The average Bonchev–Trinajstić information content (AvgIpc) is 3.22. The lowest BCUT2D eigenvalue weighted by molar-refractivity contribution is -0.143. The number of carbonyl (C=O) groups is 3. The molecule has 1 aliphatic rings. The Bertz CT molecular complexity index is 1200. The number of hydrogen-bond donors (Lipinski definition) is 1. The number of esters is 1. The highest BCUT2D eigenvalue weighted by Crippen LogP contribution is 2.25. The molecule has 7 nitrogen and oxygen atoms in total. The summed E-state index contributed by atoms with van der Waals surface area (Å²) in [5.74, 6) is -0.760. The lowest BCUT2D eigenvalue weighted by atomic mass is 10.1. The monoisotopic (exact) mass is 437 g/mol. The van der Waals surface area contributed by atoms with Crippen molar-refractivity contribution in [3.8, 4) is 0 Å². The minimum Gasteiger partial charge on any atom is -0.465 e. The van der Waals surface area contributed by atoms with Crippen LogP contribution in [0.3, 0.4) is 0 Å². The van der Waals surface area contributed by atoms with E-state index in [1.807, 2.05) is 24.3 Å². The molecule has 1 aromatic heterocycles. The van der Waals surface area contributed by atoms with Gasteiger partial charge in [0.2, 0.25) is 0 Å². The second-order valence-corrected chi connectivity index (χ2v) is 7.48. The Hall–Kier alpha value is -3.58. The molecule has 0 saturated carbocycles. The first-order valence-electron chi connectivity index (χ1n) is 9.78. The van der Waals surface area contributed by atoms with E-state index in [0.29, 0.717) is 11.6 Å². The van der Waals surface area contributed by atoms with E-state index in [4.69, 9.17) is 16.3 Å². The Morgan fingerprint density at radius 2 is 1.87 bits per heavy atom. The summed E-state index contributed by atoms with van der Waals surface area (Å²) in [5, 5.41) is 4.08. The molecule has 2 aromatic carbocycles. The van der Waals surface area contributed by atoms with Gasteiger partial charge in [-0.3, -0.25) is 14.5 Å². The van der Waals surface area contributed by atoms with Gasteiger partial charge >= 0.3 is 12.0 Å². The first-order valence-corrected chi connectivity index (χ1v) is 10.2. The third kappa shape index (κ3) is 4.32. The van der Waals surface area contributed by atoms with E-state index in [9.17, 15) is 14.4 Å². The second kappa shape index (κ2) is 8.65. The number of rotatable bonds is 6. The molecule has 1 N–H and O–H groups in total. The fourth-order valence-electron chi connectivity index (χ4n) is 3.51. The Morgan fingerprint density at radius 3 is 2.61 bits per heavy atom. The summed E-state index contributed by atoms with van der Waals surface area (Å²) in [6.07, 6.45) is 3.40. The highest BCUT2D eigenvalue weighted by Gasteiger charge is 2.33. The molecule has 1 fully saturated rings. The van der Waals surface area contributed by atoms with Gasteiger partial charge in [0, 0.05) is 27.7 Å². The number of carbonyl (C=O) groups excluding carboxylic acids is 3. The lowest BCUT2D eigenvalue weighted by Gasteiger charge is -2.11. The summed E-state index contributed by atoms with van der Waals surface area (Å²) < 4.78 is 6.82. The normalized spacial score (nSPS) is 15.0. The Labute approximate surface area is 183 Å². The number of aromatic nitrogens is 1. The van der Waals surface area contributed by atoms with Crippen molar-refractivity contribution >= 4 is 46.5 Å². The number of amides is 3. The lowest BCUT2D eigenvalue weighted by Crippen LogP contribution is -2.30. The molecule has 0 bridgehead atoms. The molecule has 0 spiro atoms. The van der Waals surface area contributed by atoms with Gasteiger partial charge in [0.05, 0.1) is 13.2 Å². The first kappa shape index (κ1) is 20.7. The van der Waals surface area contributed by atoms with Crippen LogP contribution in [-0.4, -0.2) is 34.0 Å². The standard InChI is InChI=1S/C23H20ClN3O4/c1-2-31-21(28)14-26-13-16(18-5-3-4-6-20(18)26)11-19-22(29)27(23(30)25-19)12-15-7-9-17(24)10-8-15/h3-11,13H,2,12,14H2,1H3,(H,25,30)/b19-11-. The van der Waals surface area contributed by atoms with Crippen LogP contribution in [0.4, 0.5) is 4.79 Å². The third-order valence-corrected chi connectivity index (χ3v) is 5.19. The van der Waals surface area contributed by atoms with Crippen molar-refractivity contribution in [3.63, 3.8) is 0 Å². The smallest absolute Gasteiger partial charge is 0.329 e. The molecule has 158 valence electrons. The van der Waals surface area contributed by atoms with Crippen LogP contribution in [0.25, 0.3) is 17.0 Å². The number of benzene rings is 2. The largest absolute Gasteiger partial charge is 0.465 e. The first-order chi connectivity index (χ1) is 15.0. The zero-order valence-corrected chi connectivity index (χ0v) is 17.6. The van der Waals surface area contributed by atoms with Gasteiger partial charge in [0.1, 0.15) is 12.2 Å². The van der Waals surface area contributed by atoms with Crippen molar-refractivity contribution in [2.75, 3.05) is 6.61 Å². The van der Waals surface area contributed by atoms with E-state index in [1.165, 1.54) is 0 Å². The van der Waals surface area contributed by atoms with Gasteiger partial charge in [-0.15, -0.1) is 0 Å². The van der Waals surface area contributed by atoms with Crippen molar-refractivity contribution < 1.29 is 19.1 Å². The molecule has 0 aliphatic carbocycles. The van der Waals surface area contributed by atoms with E-state index in [2.05, 4.69) is 5.32 Å². The summed E-state index contributed by atoms with van der Waals surface area (Å²) in [4.78, 5) is 38.4. The Morgan fingerprint density at radius 1 is 1.13 bits per heavy atom. The third-order valence-electron chi connectivity index (χ3n) is 4.94. The van der Waals surface area contributed by atoms with Crippen molar-refractivity contribution in [2.24, 2.45) is 0 Å². The fraction of sp³-hybridized carbons (Fsp3) is 0.174. The van der Waals surface area contributed by atoms with Crippen LogP contribution in [0.2, 0.25) is 5.02 Å². The number of halogens is 1. The van der Waals surface area contributed by atoms with E-state index in [0.717, 1.165) is 26.9 Å². The molecule has 0 unspecified atom stereocenters. The minimum atomic E-state index is -0.485. The molecule has 3 amide bonds. The van der Waals surface area contributed by atoms with Gasteiger partial charge < -0.3 is 14.6 Å². The van der Waals surface area contributed by atoms with E-state index >= 15 is 0 Å². The fourth-order valence-corrected chi connectivity index (χ4v) is 3.64. The number of para-hydroxylation sites is 1. The molecular formula is C23H20ClN3O4. The summed E-state index contributed by atoms with van der Waals surface area (Å²) in [6, 6.07) is 14.0. The van der Waals surface area contributed by atoms with E-state index in [1.54, 1.807) is 48.0 Å². The summed E-state index contributed by atoms with van der Waals surface area (Å²) >= 11 is 5.90. The van der Waals surface area contributed by atoms with E-state index in [-0.39, 0.29) is 24.8 Å². The maximum atomic E-state index is 12.9. The van der Waals surface area contributed by atoms with Gasteiger partial charge in [-0.1, -0.05) is 41.9 Å². The van der Waals surface area contributed by atoms with Gasteiger partial charge in [-0.25, -0.2) is 4.79 Å². The molecule has 3 aromatic rings. The minimum absolute atomic E-state index is 0.0561. The number of nitrogens with one attached hydrogen (secondary N) is 1. The molecule has 8 heteroatoms. The van der Waals surface area contributed by atoms with E-state index < -0.39 is 11.9 Å². The zero-order chi connectivity index (χ0) is 22.0. The maximum absolute atomic E-state index is 12.9. The highest BCUT2D eigenvalue weighted by molar-refractivity contribution is 6.30. The van der Waals surface area contributed by atoms with Crippen LogP contribution in [0, 0.1) is 0 Å². The number of ether oxygens (including phenoxy) is 1. The van der Waals surface area contributed by atoms with Crippen LogP contribution in [-0.2, 0) is 27.4 Å². The van der Waals surface area contributed by atoms with Crippen LogP contribution in [0.1, 0.15) is 18.1 Å². The van der Waals surface area contributed by atoms with Crippen molar-refractivity contribution in [3.05, 3.63) is 76.6 Å². The van der Waals surface area contributed by atoms with Gasteiger partial charge in [0.25, 0.3) is 5.91 Å². The SMILES string of the molecule is CCOC(=O)Cn1cc(/C=C2\NC(=O)N(Cc3ccc(Cl)cc3)C2=O)c2ccccc21. The number of fused-ring (bicyclic) bond motifs is 1. The number of imide groups is 1.